The Kier molecular flexibility index (Phi) is 6.69. The van der Waals surface area contributed by atoms with Crippen molar-refractivity contribution in [2.24, 2.45) is 0 Å². The van der Waals surface area contributed by atoms with E-state index < -0.39 is 0 Å². The van der Waals surface area contributed by atoms with E-state index in [-0.39, 0.29) is 24.1 Å². The van der Waals surface area contributed by atoms with Crippen molar-refractivity contribution in [2.75, 3.05) is 24.7 Å². The summed E-state index contributed by atoms with van der Waals surface area (Å²) in [5, 5.41) is 17.3. The Bertz CT molecular complexity index is 1310. The molecule has 0 bridgehead atoms. The summed E-state index contributed by atoms with van der Waals surface area (Å²) in [6.07, 6.45) is 0. The number of aromatic nitrogens is 4. The fourth-order valence-electron chi connectivity index (χ4n) is 3.43. The Morgan fingerprint density at radius 3 is 2.70 bits per heavy atom. The SMILES string of the molecule is Cc1ccc(C)c(-n2nnnc2SCC(=O)N(C)CC(=O)Nc2cccc3ccccc23)c1. The number of rotatable bonds is 7. The topological polar surface area (TPSA) is 93.0 Å². The minimum atomic E-state index is -0.257. The lowest BCUT2D eigenvalue weighted by atomic mass is 10.1. The summed E-state index contributed by atoms with van der Waals surface area (Å²) in [5.41, 5.74) is 3.72. The van der Waals surface area contributed by atoms with Crippen molar-refractivity contribution in [1.82, 2.24) is 25.1 Å². The van der Waals surface area contributed by atoms with Crippen LogP contribution >= 0.6 is 11.8 Å². The highest BCUT2D eigenvalue weighted by Gasteiger charge is 2.17. The molecule has 168 valence electrons. The molecule has 1 N–H and O–H groups in total. The molecule has 0 radical (unpaired) electrons. The largest absolute Gasteiger partial charge is 0.336 e. The highest BCUT2D eigenvalue weighted by molar-refractivity contribution is 7.99. The number of thioether (sulfide) groups is 1. The van der Waals surface area contributed by atoms with E-state index >= 15 is 0 Å². The van der Waals surface area contributed by atoms with Gasteiger partial charge in [0.2, 0.25) is 17.0 Å². The van der Waals surface area contributed by atoms with Crippen LogP contribution in [0.2, 0.25) is 0 Å². The van der Waals surface area contributed by atoms with E-state index in [0.29, 0.717) is 5.16 Å². The number of benzene rings is 3. The zero-order valence-electron chi connectivity index (χ0n) is 18.6. The summed E-state index contributed by atoms with van der Waals surface area (Å²) in [6, 6.07) is 19.6. The van der Waals surface area contributed by atoms with Gasteiger partial charge in [-0.15, -0.1) is 5.10 Å². The molecule has 33 heavy (non-hydrogen) atoms. The second kappa shape index (κ2) is 9.83. The van der Waals surface area contributed by atoms with E-state index in [0.717, 1.165) is 33.3 Å². The Balaban J connectivity index is 1.36. The number of hydrogen-bond acceptors (Lipinski definition) is 6. The third kappa shape index (κ3) is 5.20. The smallest absolute Gasteiger partial charge is 0.244 e. The number of nitrogens with zero attached hydrogens (tertiary/aromatic N) is 5. The van der Waals surface area contributed by atoms with Crippen LogP contribution in [0.3, 0.4) is 0 Å². The first-order valence-electron chi connectivity index (χ1n) is 10.4. The molecular weight excluding hydrogens is 436 g/mol. The van der Waals surface area contributed by atoms with Crippen molar-refractivity contribution in [2.45, 2.75) is 19.0 Å². The number of carbonyl (C=O) groups excluding carboxylic acids is 2. The zero-order valence-corrected chi connectivity index (χ0v) is 19.5. The molecule has 9 heteroatoms. The Labute approximate surface area is 196 Å². The van der Waals surface area contributed by atoms with Crippen LogP contribution in [0.15, 0.2) is 65.8 Å². The normalized spacial score (nSPS) is 10.9. The molecule has 1 heterocycles. The van der Waals surface area contributed by atoms with Gasteiger partial charge in [0, 0.05) is 18.1 Å². The average Bonchev–Trinajstić information content (AvgIpc) is 3.27. The number of anilines is 1. The molecule has 0 saturated heterocycles. The monoisotopic (exact) mass is 460 g/mol. The van der Waals surface area contributed by atoms with Crippen molar-refractivity contribution >= 4 is 40.0 Å². The molecule has 1 aromatic heterocycles. The van der Waals surface area contributed by atoms with Crippen molar-refractivity contribution in [3.8, 4) is 5.69 Å². The van der Waals surface area contributed by atoms with Gasteiger partial charge in [-0.2, -0.15) is 4.68 Å². The number of tetrazole rings is 1. The second-order valence-corrected chi connectivity index (χ2v) is 8.72. The maximum absolute atomic E-state index is 12.7. The standard InChI is InChI=1S/C24H24N6O2S/c1-16-11-12-17(2)21(13-16)30-24(26-27-28-30)33-15-23(32)29(3)14-22(31)25-20-10-6-8-18-7-4-5-9-19(18)20/h4-13H,14-15H2,1-3H3,(H,25,31). The number of hydrogen-bond donors (Lipinski definition) is 1. The van der Waals surface area contributed by atoms with Gasteiger partial charge in [-0.3, -0.25) is 9.59 Å². The maximum atomic E-state index is 12.7. The molecule has 8 nitrogen and oxygen atoms in total. The van der Waals surface area contributed by atoms with Gasteiger partial charge in [-0.05, 0) is 52.9 Å². The molecule has 0 atom stereocenters. The fourth-order valence-corrected chi connectivity index (χ4v) is 4.26. The van der Waals surface area contributed by atoms with Crippen LogP contribution in [-0.2, 0) is 9.59 Å². The van der Waals surface area contributed by atoms with E-state index in [4.69, 9.17) is 0 Å². The summed E-state index contributed by atoms with van der Waals surface area (Å²) < 4.78 is 1.63. The third-order valence-electron chi connectivity index (χ3n) is 5.23. The second-order valence-electron chi connectivity index (χ2n) is 7.78. The van der Waals surface area contributed by atoms with E-state index in [1.165, 1.54) is 16.7 Å². The van der Waals surface area contributed by atoms with E-state index in [9.17, 15) is 9.59 Å². The van der Waals surface area contributed by atoms with Crippen molar-refractivity contribution < 1.29 is 9.59 Å². The van der Waals surface area contributed by atoms with Gasteiger partial charge in [0.15, 0.2) is 0 Å². The van der Waals surface area contributed by atoms with Gasteiger partial charge in [0.05, 0.1) is 18.0 Å². The lowest BCUT2D eigenvalue weighted by molar-refractivity contribution is -0.131. The van der Waals surface area contributed by atoms with Crippen LogP contribution < -0.4 is 5.32 Å². The molecule has 0 aliphatic carbocycles. The lowest BCUT2D eigenvalue weighted by Gasteiger charge is -2.17. The summed E-state index contributed by atoms with van der Waals surface area (Å²) in [7, 11) is 1.61. The summed E-state index contributed by atoms with van der Waals surface area (Å²) >= 11 is 1.24. The van der Waals surface area contributed by atoms with E-state index in [2.05, 4.69) is 20.8 Å². The number of amides is 2. The van der Waals surface area contributed by atoms with Crippen molar-refractivity contribution in [3.05, 3.63) is 71.8 Å². The molecule has 0 aliphatic heterocycles. The minimum absolute atomic E-state index is 0.0510. The Morgan fingerprint density at radius 2 is 1.85 bits per heavy atom. The van der Waals surface area contributed by atoms with Crippen LogP contribution in [0.25, 0.3) is 16.5 Å². The van der Waals surface area contributed by atoms with E-state index in [1.807, 2.05) is 74.5 Å². The third-order valence-corrected chi connectivity index (χ3v) is 6.13. The lowest BCUT2D eigenvalue weighted by Crippen LogP contribution is -2.36. The predicted molar refractivity (Wildman–Crippen MR) is 130 cm³/mol. The van der Waals surface area contributed by atoms with Crippen LogP contribution in [0, 0.1) is 13.8 Å². The van der Waals surface area contributed by atoms with Crippen molar-refractivity contribution in [3.63, 3.8) is 0 Å². The van der Waals surface area contributed by atoms with Gasteiger partial charge >= 0.3 is 0 Å². The van der Waals surface area contributed by atoms with Crippen LogP contribution in [0.5, 0.6) is 0 Å². The Hall–Kier alpha value is -3.72. The molecular formula is C24H24N6O2S. The average molecular weight is 461 g/mol. The number of carbonyl (C=O) groups is 2. The summed E-state index contributed by atoms with van der Waals surface area (Å²) in [6.45, 7) is 3.94. The number of likely N-dealkylation sites (N-methyl/N-ethyl adjacent to an activating group) is 1. The highest BCUT2D eigenvalue weighted by Crippen LogP contribution is 2.23. The van der Waals surface area contributed by atoms with Crippen molar-refractivity contribution in [1.29, 1.82) is 0 Å². The Morgan fingerprint density at radius 1 is 1.06 bits per heavy atom. The van der Waals surface area contributed by atoms with E-state index in [1.54, 1.807) is 11.7 Å². The molecule has 0 spiro atoms. The predicted octanol–water partition coefficient (Wildman–Crippen LogP) is 3.62. The van der Waals surface area contributed by atoms with Crippen LogP contribution in [0.1, 0.15) is 11.1 Å². The van der Waals surface area contributed by atoms with Crippen LogP contribution in [0.4, 0.5) is 5.69 Å². The van der Waals surface area contributed by atoms with Gasteiger partial charge in [-0.25, -0.2) is 0 Å². The first-order chi connectivity index (χ1) is 15.9. The number of fused-ring (bicyclic) bond motifs is 1. The molecule has 0 saturated carbocycles. The maximum Gasteiger partial charge on any atom is 0.244 e. The fraction of sp³-hybridized carbons (Fsp3) is 0.208. The van der Waals surface area contributed by atoms with Gasteiger partial charge in [0.25, 0.3) is 0 Å². The van der Waals surface area contributed by atoms with Crippen LogP contribution in [-0.4, -0.2) is 56.3 Å². The molecule has 0 aliphatic rings. The molecule has 0 unspecified atom stereocenters. The number of aryl methyl sites for hydroxylation is 2. The number of nitrogens with one attached hydrogen (secondary N) is 1. The molecule has 4 aromatic rings. The molecule has 2 amide bonds. The first kappa shape index (κ1) is 22.5. The summed E-state index contributed by atoms with van der Waals surface area (Å²) in [5.74, 6) is -0.334. The quantitative estimate of drug-likeness (QED) is 0.424. The molecule has 4 rings (SSSR count). The molecule has 0 fully saturated rings. The van der Waals surface area contributed by atoms with Gasteiger partial charge in [0.1, 0.15) is 0 Å². The van der Waals surface area contributed by atoms with Gasteiger partial charge in [-0.1, -0.05) is 60.3 Å². The first-order valence-corrected chi connectivity index (χ1v) is 11.4. The zero-order chi connectivity index (χ0) is 23.4. The molecule has 3 aromatic carbocycles. The van der Waals surface area contributed by atoms with Gasteiger partial charge < -0.3 is 10.2 Å². The summed E-state index contributed by atoms with van der Waals surface area (Å²) in [4.78, 5) is 26.6. The highest BCUT2D eigenvalue weighted by atomic mass is 32.2. The minimum Gasteiger partial charge on any atom is -0.336 e.